The number of carbonyl (C=O) groups is 1. The second-order valence-corrected chi connectivity index (χ2v) is 6.94. The van der Waals surface area contributed by atoms with E-state index in [1.807, 2.05) is 6.07 Å². The van der Waals surface area contributed by atoms with Gasteiger partial charge in [-0.3, -0.25) is 0 Å². The maximum absolute atomic E-state index is 12.4. The van der Waals surface area contributed by atoms with Crippen LogP contribution in [0.3, 0.4) is 0 Å². The van der Waals surface area contributed by atoms with E-state index in [1.54, 1.807) is 56.3 Å². The molecule has 0 atom stereocenters. The van der Waals surface area contributed by atoms with Crippen molar-refractivity contribution < 1.29 is 13.9 Å². The topological polar surface area (TPSA) is 137 Å². The van der Waals surface area contributed by atoms with Crippen LogP contribution in [-0.2, 0) is 4.74 Å². The van der Waals surface area contributed by atoms with Crippen LogP contribution in [0, 0.1) is 34.0 Å². The predicted molar refractivity (Wildman–Crippen MR) is 108 cm³/mol. The lowest BCUT2D eigenvalue weighted by molar-refractivity contribution is 0.0378. The van der Waals surface area contributed by atoms with Gasteiger partial charge in [0.25, 0.3) is 0 Å². The summed E-state index contributed by atoms with van der Waals surface area (Å²) in [6.07, 6.45) is 1.03. The first-order chi connectivity index (χ1) is 13.8. The van der Waals surface area contributed by atoms with Crippen molar-refractivity contribution in [3.05, 3.63) is 63.0 Å². The highest BCUT2D eigenvalue weighted by atomic mass is 79.9. The van der Waals surface area contributed by atoms with E-state index in [2.05, 4.69) is 15.9 Å². The van der Waals surface area contributed by atoms with Crippen molar-refractivity contribution in [3.8, 4) is 29.5 Å². The van der Waals surface area contributed by atoms with Crippen molar-refractivity contribution >= 4 is 28.0 Å². The quantitative estimate of drug-likeness (QED) is 0.403. The number of nitriles is 3. The fourth-order valence-electron chi connectivity index (χ4n) is 2.35. The first kappa shape index (κ1) is 21.5. The molecule has 2 N–H and O–H groups in total. The standard InChI is InChI=1S/C21H15BrN4O3/c1-12(2)28-21(27)18-8-15(22)3-5-17(18)19-6-4-16(29-19)7-13(9-23)20(26)14(10-24)11-25/h3-8,12H,26H2,1-2H3/b13-7+. The number of ether oxygens (including phenoxy) is 1. The maximum atomic E-state index is 12.4. The highest BCUT2D eigenvalue weighted by Gasteiger charge is 2.18. The first-order valence-corrected chi connectivity index (χ1v) is 9.12. The molecule has 2 aromatic rings. The lowest BCUT2D eigenvalue weighted by Crippen LogP contribution is -2.12. The van der Waals surface area contributed by atoms with Crippen molar-refractivity contribution in [1.82, 2.24) is 0 Å². The van der Waals surface area contributed by atoms with Gasteiger partial charge in [0.2, 0.25) is 0 Å². The first-order valence-electron chi connectivity index (χ1n) is 8.33. The van der Waals surface area contributed by atoms with Gasteiger partial charge in [-0.15, -0.1) is 0 Å². The zero-order valence-electron chi connectivity index (χ0n) is 15.6. The van der Waals surface area contributed by atoms with Gasteiger partial charge in [0.15, 0.2) is 5.57 Å². The molecule has 1 heterocycles. The van der Waals surface area contributed by atoms with Crippen LogP contribution in [-0.4, -0.2) is 12.1 Å². The van der Waals surface area contributed by atoms with Gasteiger partial charge >= 0.3 is 5.97 Å². The summed E-state index contributed by atoms with van der Waals surface area (Å²) in [5.41, 5.74) is 5.86. The van der Waals surface area contributed by atoms with Gasteiger partial charge in [-0.2, -0.15) is 15.8 Å². The summed E-state index contributed by atoms with van der Waals surface area (Å²) < 4.78 is 11.7. The summed E-state index contributed by atoms with van der Waals surface area (Å²) in [7, 11) is 0. The number of nitrogens with zero attached hydrogens (tertiary/aromatic N) is 3. The van der Waals surface area contributed by atoms with E-state index in [-0.39, 0.29) is 28.7 Å². The van der Waals surface area contributed by atoms with Crippen molar-refractivity contribution in [2.45, 2.75) is 20.0 Å². The Morgan fingerprint density at radius 1 is 1.17 bits per heavy atom. The Kier molecular flexibility index (Phi) is 6.98. The van der Waals surface area contributed by atoms with E-state index in [9.17, 15) is 10.1 Å². The van der Waals surface area contributed by atoms with Crippen LogP contribution < -0.4 is 5.73 Å². The number of hydrogen-bond donors (Lipinski definition) is 1. The highest BCUT2D eigenvalue weighted by Crippen LogP contribution is 2.30. The Bertz CT molecular complexity index is 1120. The van der Waals surface area contributed by atoms with Crippen LogP contribution in [0.5, 0.6) is 0 Å². The van der Waals surface area contributed by atoms with Gasteiger partial charge in [-0.1, -0.05) is 15.9 Å². The number of allylic oxidation sites excluding steroid dienone is 2. The Labute approximate surface area is 176 Å². The molecule has 0 amide bonds. The Balaban J connectivity index is 2.50. The van der Waals surface area contributed by atoms with Gasteiger partial charge in [0.1, 0.15) is 29.7 Å². The Morgan fingerprint density at radius 2 is 1.86 bits per heavy atom. The maximum Gasteiger partial charge on any atom is 0.339 e. The van der Waals surface area contributed by atoms with Crippen LogP contribution in [0.1, 0.15) is 30.0 Å². The van der Waals surface area contributed by atoms with Crippen LogP contribution in [0.25, 0.3) is 17.4 Å². The number of rotatable bonds is 5. The van der Waals surface area contributed by atoms with Gasteiger partial charge < -0.3 is 14.9 Å². The lowest BCUT2D eigenvalue weighted by atomic mass is 10.1. The second-order valence-electron chi connectivity index (χ2n) is 6.03. The molecule has 0 bridgehead atoms. The van der Waals surface area contributed by atoms with Gasteiger partial charge in [-0.05, 0) is 44.2 Å². The molecule has 0 spiro atoms. The van der Waals surface area contributed by atoms with Crippen LogP contribution >= 0.6 is 15.9 Å². The van der Waals surface area contributed by atoms with Gasteiger partial charge in [0, 0.05) is 16.1 Å². The summed E-state index contributed by atoms with van der Waals surface area (Å²) in [5.74, 6) is 0.142. The summed E-state index contributed by atoms with van der Waals surface area (Å²) in [6, 6.07) is 13.4. The van der Waals surface area contributed by atoms with Crippen molar-refractivity contribution in [1.29, 1.82) is 15.8 Å². The summed E-state index contributed by atoms with van der Waals surface area (Å²) in [6.45, 7) is 3.51. The van der Waals surface area contributed by atoms with Crippen LogP contribution in [0.2, 0.25) is 0 Å². The summed E-state index contributed by atoms with van der Waals surface area (Å²) in [4.78, 5) is 12.4. The van der Waals surface area contributed by atoms with E-state index in [0.29, 0.717) is 21.4 Å². The summed E-state index contributed by atoms with van der Waals surface area (Å²) in [5, 5.41) is 27.1. The Hall–Kier alpha value is -3.80. The van der Waals surface area contributed by atoms with E-state index in [4.69, 9.17) is 25.4 Å². The molecule has 0 aliphatic carbocycles. The molecule has 29 heavy (non-hydrogen) atoms. The van der Waals surface area contributed by atoms with Gasteiger partial charge in [-0.25, -0.2) is 4.79 Å². The molecule has 1 aromatic heterocycles. The van der Waals surface area contributed by atoms with Crippen molar-refractivity contribution in [2.75, 3.05) is 0 Å². The SMILES string of the molecule is CC(C)OC(=O)c1cc(Br)ccc1-c1ccc(/C=C(\C#N)C(N)=C(C#N)C#N)o1. The molecule has 0 unspecified atom stereocenters. The number of furan rings is 1. The van der Waals surface area contributed by atoms with Gasteiger partial charge in [0.05, 0.1) is 22.9 Å². The molecule has 1 aromatic carbocycles. The number of halogens is 1. The molecule has 0 fully saturated rings. The highest BCUT2D eigenvalue weighted by molar-refractivity contribution is 9.10. The molecule has 0 aliphatic rings. The van der Waals surface area contributed by atoms with E-state index in [1.165, 1.54) is 6.08 Å². The molecule has 0 aliphatic heterocycles. The fourth-order valence-corrected chi connectivity index (χ4v) is 2.71. The minimum atomic E-state index is -0.498. The second kappa shape index (κ2) is 9.41. The number of benzene rings is 1. The predicted octanol–water partition coefficient (Wildman–Crippen LogP) is 4.44. The number of esters is 1. The van der Waals surface area contributed by atoms with Crippen molar-refractivity contribution in [2.24, 2.45) is 5.73 Å². The molecular formula is C21H15BrN4O3. The summed E-state index contributed by atoms with van der Waals surface area (Å²) >= 11 is 3.34. The minimum absolute atomic E-state index is 0.0840. The smallest absolute Gasteiger partial charge is 0.339 e. The third kappa shape index (κ3) is 5.13. The molecule has 0 saturated heterocycles. The number of carbonyl (C=O) groups excluding carboxylic acids is 1. The number of nitrogens with two attached hydrogens (primary N) is 1. The monoisotopic (exact) mass is 450 g/mol. The molecule has 144 valence electrons. The average molecular weight is 451 g/mol. The zero-order valence-corrected chi connectivity index (χ0v) is 17.1. The average Bonchev–Trinajstić information content (AvgIpc) is 3.14. The van der Waals surface area contributed by atoms with Crippen LogP contribution in [0.4, 0.5) is 0 Å². The lowest BCUT2D eigenvalue weighted by Gasteiger charge is -2.11. The van der Waals surface area contributed by atoms with Crippen molar-refractivity contribution in [3.63, 3.8) is 0 Å². The number of hydrogen-bond acceptors (Lipinski definition) is 7. The van der Waals surface area contributed by atoms with E-state index >= 15 is 0 Å². The third-order valence-corrected chi connectivity index (χ3v) is 4.12. The normalized spacial score (nSPS) is 10.6. The largest absolute Gasteiger partial charge is 0.459 e. The van der Waals surface area contributed by atoms with E-state index in [0.717, 1.165) is 0 Å². The van der Waals surface area contributed by atoms with Crippen LogP contribution in [0.15, 0.2) is 56.1 Å². The molecule has 7 nitrogen and oxygen atoms in total. The zero-order chi connectivity index (χ0) is 21.6. The molecule has 2 rings (SSSR count). The molecule has 8 heteroatoms. The fraction of sp³-hybridized carbons (Fsp3) is 0.143. The molecule has 0 radical (unpaired) electrons. The molecule has 0 saturated carbocycles. The Morgan fingerprint density at radius 3 is 2.45 bits per heavy atom. The van der Waals surface area contributed by atoms with E-state index < -0.39 is 5.97 Å². The third-order valence-electron chi connectivity index (χ3n) is 3.63. The molecular weight excluding hydrogens is 436 g/mol. The minimum Gasteiger partial charge on any atom is -0.459 e.